The lowest BCUT2D eigenvalue weighted by Crippen LogP contribution is -2.53. The van der Waals surface area contributed by atoms with E-state index in [0.717, 1.165) is 0 Å². The first-order valence-electron chi connectivity index (χ1n) is 6.28. The number of ether oxygens (including phenoxy) is 2. The summed E-state index contributed by atoms with van der Waals surface area (Å²) in [6.45, 7) is -1.67. The van der Waals surface area contributed by atoms with Crippen LogP contribution in [0.15, 0.2) is 0 Å². The van der Waals surface area contributed by atoms with Crippen molar-refractivity contribution < 1.29 is 40.8 Å². The summed E-state index contributed by atoms with van der Waals surface area (Å²) < 4.78 is 66.1. The molecule has 0 aromatic carbocycles. The molecule has 3 aliphatic rings. The Morgan fingerprint density at radius 3 is 2.71 bits per heavy atom. The zero-order chi connectivity index (χ0) is 15.6. The zero-order valence-corrected chi connectivity index (χ0v) is 11.4. The molecule has 2 saturated carbocycles. The predicted octanol–water partition coefficient (Wildman–Crippen LogP) is 0.00270. The van der Waals surface area contributed by atoms with Crippen molar-refractivity contribution in [2.75, 3.05) is 6.61 Å². The van der Waals surface area contributed by atoms with Gasteiger partial charge >= 0.3 is 21.3 Å². The first kappa shape index (κ1) is 14.8. The summed E-state index contributed by atoms with van der Waals surface area (Å²) in [5.74, 6) is -1.58. The number of alkyl halides is 2. The van der Waals surface area contributed by atoms with E-state index >= 15 is 0 Å². The van der Waals surface area contributed by atoms with Gasteiger partial charge in [0.15, 0.2) is 11.9 Å². The average molecular weight is 326 g/mol. The van der Waals surface area contributed by atoms with E-state index in [9.17, 15) is 26.8 Å². The van der Waals surface area contributed by atoms with E-state index in [2.05, 4.69) is 0 Å². The largest absolute Gasteiger partial charge is 0.458 e. The number of esters is 1. The van der Waals surface area contributed by atoms with Crippen molar-refractivity contribution >= 4 is 22.4 Å². The molecule has 0 spiro atoms. The highest BCUT2D eigenvalue weighted by Crippen LogP contribution is 2.60. The van der Waals surface area contributed by atoms with Gasteiger partial charge in [-0.1, -0.05) is 0 Å². The highest BCUT2D eigenvalue weighted by molar-refractivity contribution is 7.86. The number of halogens is 2. The van der Waals surface area contributed by atoms with Gasteiger partial charge in [-0.05, 0) is 18.8 Å². The van der Waals surface area contributed by atoms with Crippen LogP contribution in [0.5, 0.6) is 0 Å². The Labute approximate surface area is 118 Å². The number of carbonyl (C=O) groups is 2. The van der Waals surface area contributed by atoms with E-state index in [-0.39, 0.29) is 18.3 Å². The van der Waals surface area contributed by atoms with E-state index in [4.69, 9.17) is 14.0 Å². The molecule has 5 atom stereocenters. The van der Waals surface area contributed by atoms with Crippen molar-refractivity contribution in [3.05, 3.63) is 0 Å². The minimum atomic E-state index is -5.65. The van der Waals surface area contributed by atoms with Crippen LogP contribution in [0.25, 0.3) is 0 Å². The molecule has 2 bridgehead atoms. The monoisotopic (exact) mass is 326 g/mol. The summed E-state index contributed by atoms with van der Waals surface area (Å²) in [5.41, 5.74) is -1.76. The molecule has 0 aromatic heterocycles. The maximum Gasteiger partial charge on any atom is 0.392 e. The number of rotatable bonds is 5. The summed E-state index contributed by atoms with van der Waals surface area (Å²) in [6.07, 6.45) is 0.0495. The second-order valence-electron chi connectivity index (χ2n) is 5.67. The first-order chi connectivity index (χ1) is 9.62. The quantitative estimate of drug-likeness (QED) is 0.430. The van der Waals surface area contributed by atoms with Crippen molar-refractivity contribution in [2.24, 2.45) is 17.8 Å². The second-order valence-corrected chi connectivity index (χ2v) is 7.22. The molecule has 21 heavy (non-hydrogen) atoms. The van der Waals surface area contributed by atoms with Crippen LogP contribution in [0.3, 0.4) is 0 Å². The maximum atomic E-state index is 13.3. The number of carbonyl (C=O) groups excluding carboxylic acids is 2. The molecule has 10 heteroatoms. The van der Waals surface area contributed by atoms with Crippen molar-refractivity contribution in [3.63, 3.8) is 0 Å². The van der Waals surface area contributed by atoms with Crippen LogP contribution in [-0.4, -0.2) is 48.8 Å². The van der Waals surface area contributed by atoms with Crippen LogP contribution < -0.4 is 0 Å². The molecule has 3 fully saturated rings. The minimum Gasteiger partial charge on any atom is -0.458 e. The van der Waals surface area contributed by atoms with Gasteiger partial charge in [-0.3, -0.25) is 14.1 Å². The Bertz CT molecular complexity index is 604. The number of fused-ring (bicyclic) bond motifs is 1. The summed E-state index contributed by atoms with van der Waals surface area (Å²) in [5, 5.41) is -4.53. The molecule has 0 radical (unpaired) electrons. The molecular formula is C11H12F2O7S. The van der Waals surface area contributed by atoms with Gasteiger partial charge in [-0.25, -0.2) is 0 Å². The summed E-state index contributed by atoms with van der Waals surface area (Å²) in [6, 6.07) is 0. The molecule has 5 unspecified atom stereocenters. The van der Waals surface area contributed by atoms with Gasteiger partial charge in [0.2, 0.25) is 0 Å². The zero-order valence-electron chi connectivity index (χ0n) is 10.6. The fourth-order valence-electron chi connectivity index (χ4n) is 3.68. The Morgan fingerprint density at radius 2 is 2.14 bits per heavy atom. The number of hydrogen-bond donors (Lipinski definition) is 1. The lowest BCUT2D eigenvalue weighted by molar-refractivity contribution is -0.177. The van der Waals surface area contributed by atoms with Crippen LogP contribution >= 0.6 is 0 Å². The van der Waals surface area contributed by atoms with E-state index in [1.807, 2.05) is 0 Å². The molecule has 1 N–H and O–H groups in total. The Kier molecular flexibility index (Phi) is 2.96. The number of aldehydes is 1. The Morgan fingerprint density at radius 1 is 1.48 bits per heavy atom. The topological polar surface area (TPSA) is 107 Å². The second kappa shape index (κ2) is 4.20. The Balaban J connectivity index is 1.84. The molecule has 7 nitrogen and oxygen atoms in total. The first-order valence-corrected chi connectivity index (χ1v) is 7.72. The smallest absolute Gasteiger partial charge is 0.392 e. The summed E-state index contributed by atoms with van der Waals surface area (Å²) in [4.78, 5) is 23.0. The summed E-state index contributed by atoms with van der Waals surface area (Å²) in [7, 11) is -5.65. The van der Waals surface area contributed by atoms with Gasteiger partial charge in [-0.2, -0.15) is 17.2 Å². The third-order valence-corrected chi connectivity index (χ3v) is 5.55. The van der Waals surface area contributed by atoms with Crippen LogP contribution in [0.4, 0.5) is 8.78 Å². The van der Waals surface area contributed by atoms with Gasteiger partial charge in [-0.15, -0.1) is 0 Å². The van der Waals surface area contributed by atoms with E-state index in [1.165, 1.54) is 0 Å². The lowest BCUT2D eigenvalue weighted by atomic mass is 9.79. The SMILES string of the molecule is O=CC1(OCC(F)(F)S(=O)(=O)O)C2CC3C(=O)OC1C3C2. The summed E-state index contributed by atoms with van der Waals surface area (Å²) >= 11 is 0. The third kappa shape index (κ3) is 1.85. The van der Waals surface area contributed by atoms with Gasteiger partial charge in [0, 0.05) is 5.92 Å². The minimum absolute atomic E-state index is 0.271. The van der Waals surface area contributed by atoms with Crippen molar-refractivity contribution in [3.8, 4) is 0 Å². The fourth-order valence-corrected chi connectivity index (χ4v) is 3.89. The average Bonchev–Trinajstić information content (AvgIpc) is 2.97. The van der Waals surface area contributed by atoms with Gasteiger partial charge in [0.25, 0.3) is 0 Å². The fraction of sp³-hybridized carbons (Fsp3) is 0.818. The normalized spacial score (nSPS) is 41.4. The molecule has 0 aromatic rings. The molecule has 1 saturated heterocycles. The molecule has 1 aliphatic heterocycles. The van der Waals surface area contributed by atoms with E-state index in [1.54, 1.807) is 0 Å². The van der Waals surface area contributed by atoms with Crippen LogP contribution in [0.1, 0.15) is 12.8 Å². The molecule has 2 aliphatic carbocycles. The van der Waals surface area contributed by atoms with Gasteiger partial charge in [0.1, 0.15) is 12.7 Å². The van der Waals surface area contributed by atoms with Crippen molar-refractivity contribution in [2.45, 2.75) is 29.8 Å². The molecule has 0 amide bonds. The molecule has 1 heterocycles. The van der Waals surface area contributed by atoms with Crippen LogP contribution in [0, 0.1) is 17.8 Å². The Hall–Kier alpha value is -1.13. The molecular weight excluding hydrogens is 314 g/mol. The van der Waals surface area contributed by atoms with E-state index in [0.29, 0.717) is 12.7 Å². The van der Waals surface area contributed by atoms with Crippen LogP contribution in [-0.2, 0) is 29.2 Å². The number of hydrogen-bond acceptors (Lipinski definition) is 6. The standard InChI is InChI=1S/C11H12F2O7S/c12-11(13,21(16,17)18)4-19-10(3-14)5-1-6-7(2-5)9(15)20-8(6)10/h3,5-8H,1-2,4H2,(H,16,17,18). The molecule has 3 rings (SSSR count). The predicted molar refractivity (Wildman–Crippen MR) is 60.8 cm³/mol. The highest BCUT2D eigenvalue weighted by Gasteiger charge is 2.70. The van der Waals surface area contributed by atoms with Gasteiger partial charge < -0.3 is 9.47 Å². The highest BCUT2D eigenvalue weighted by atomic mass is 32.2. The maximum absolute atomic E-state index is 13.3. The van der Waals surface area contributed by atoms with Crippen molar-refractivity contribution in [1.29, 1.82) is 0 Å². The third-order valence-electron chi connectivity index (χ3n) is 4.68. The van der Waals surface area contributed by atoms with Gasteiger partial charge in [0.05, 0.1) is 5.92 Å². The molecule has 118 valence electrons. The van der Waals surface area contributed by atoms with E-state index < -0.39 is 45.6 Å². The van der Waals surface area contributed by atoms with Crippen LogP contribution in [0.2, 0.25) is 0 Å². The van der Waals surface area contributed by atoms with Crippen molar-refractivity contribution in [1.82, 2.24) is 0 Å². The lowest BCUT2D eigenvalue weighted by Gasteiger charge is -2.35.